The van der Waals surface area contributed by atoms with Gasteiger partial charge >= 0.3 is 5.97 Å². The van der Waals surface area contributed by atoms with Crippen molar-refractivity contribution >= 4 is 11.9 Å². The van der Waals surface area contributed by atoms with Crippen LogP contribution in [0, 0.1) is 19.8 Å². The van der Waals surface area contributed by atoms with Crippen LogP contribution in [0.3, 0.4) is 0 Å². The van der Waals surface area contributed by atoms with Gasteiger partial charge in [0.25, 0.3) is 11.5 Å². The summed E-state index contributed by atoms with van der Waals surface area (Å²) >= 11 is 0. The third kappa shape index (κ3) is 3.18. The van der Waals surface area contributed by atoms with Gasteiger partial charge in [0.2, 0.25) is 0 Å². The van der Waals surface area contributed by atoms with Crippen LogP contribution in [0.25, 0.3) is 0 Å². The molecule has 1 fully saturated rings. The van der Waals surface area contributed by atoms with Gasteiger partial charge in [-0.05, 0) is 39.2 Å². The maximum absolute atomic E-state index is 12.6. The van der Waals surface area contributed by atoms with E-state index >= 15 is 0 Å². The molecule has 1 amide bonds. The molecule has 7 nitrogen and oxygen atoms in total. The zero-order valence-electron chi connectivity index (χ0n) is 13.1. The van der Waals surface area contributed by atoms with Crippen molar-refractivity contribution in [1.29, 1.82) is 0 Å². The van der Waals surface area contributed by atoms with Crippen LogP contribution in [-0.4, -0.2) is 46.7 Å². The number of nitrogens with zero attached hydrogens (tertiary/aromatic N) is 2. The molecular weight excluding hydrogens is 286 g/mol. The third-order valence-corrected chi connectivity index (χ3v) is 4.01. The topological polar surface area (TPSA) is 92.4 Å². The first-order chi connectivity index (χ1) is 10.5. The van der Waals surface area contributed by atoms with Crippen LogP contribution in [0.4, 0.5) is 0 Å². The first-order valence-corrected chi connectivity index (χ1v) is 7.47. The number of aromatic amines is 1. The van der Waals surface area contributed by atoms with E-state index in [-0.39, 0.29) is 29.9 Å². The SMILES string of the molecule is CCOC(=O)[C@@H]1CCCN(C(=O)c2c(C)c(C)n[nH]c2=O)C1. The molecule has 1 N–H and O–H groups in total. The Hall–Kier alpha value is -2.18. The Morgan fingerprint density at radius 3 is 2.82 bits per heavy atom. The minimum atomic E-state index is -0.494. The van der Waals surface area contributed by atoms with Crippen LogP contribution < -0.4 is 5.56 Å². The van der Waals surface area contributed by atoms with Crippen molar-refractivity contribution < 1.29 is 14.3 Å². The standard InChI is InChI=1S/C15H21N3O4/c1-4-22-15(21)11-6-5-7-18(8-11)14(20)12-9(2)10(3)16-17-13(12)19/h11H,4-8H2,1-3H3,(H,17,19)/t11-/m1/s1. The van der Waals surface area contributed by atoms with E-state index in [1.807, 2.05) is 0 Å². The van der Waals surface area contributed by atoms with Gasteiger partial charge in [-0.1, -0.05) is 0 Å². The molecule has 0 unspecified atom stereocenters. The average molecular weight is 307 g/mol. The van der Waals surface area contributed by atoms with E-state index in [9.17, 15) is 14.4 Å². The number of nitrogens with one attached hydrogen (secondary N) is 1. The number of hydrogen-bond donors (Lipinski definition) is 1. The summed E-state index contributed by atoms with van der Waals surface area (Å²) in [6, 6.07) is 0. The van der Waals surface area contributed by atoms with Gasteiger partial charge in [-0.25, -0.2) is 5.10 Å². The molecule has 0 radical (unpaired) electrons. The molecule has 0 aromatic carbocycles. The fraction of sp³-hybridized carbons (Fsp3) is 0.600. The molecule has 1 aromatic rings. The van der Waals surface area contributed by atoms with Crippen molar-refractivity contribution in [2.45, 2.75) is 33.6 Å². The summed E-state index contributed by atoms with van der Waals surface area (Å²) in [4.78, 5) is 38.0. The van der Waals surface area contributed by atoms with Crippen molar-refractivity contribution in [1.82, 2.24) is 15.1 Å². The minimum Gasteiger partial charge on any atom is -0.466 e. The zero-order chi connectivity index (χ0) is 16.3. The fourth-order valence-corrected chi connectivity index (χ4v) is 2.66. The van der Waals surface area contributed by atoms with Gasteiger partial charge in [-0.2, -0.15) is 5.10 Å². The highest BCUT2D eigenvalue weighted by molar-refractivity contribution is 5.95. The highest BCUT2D eigenvalue weighted by atomic mass is 16.5. The highest BCUT2D eigenvalue weighted by Gasteiger charge is 2.31. The summed E-state index contributed by atoms with van der Waals surface area (Å²) in [6.45, 7) is 6.35. The largest absolute Gasteiger partial charge is 0.466 e. The molecule has 7 heteroatoms. The number of aromatic nitrogens is 2. The predicted molar refractivity (Wildman–Crippen MR) is 79.6 cm³/mol. The Morgan fingerprint density at radius 1 is 1.41 bits per heavy atom. The zero-order valence-corrected chi connectivity index (χ0v) is 13.1. The second-order valence-corrected chi connectivity index (χ2v) is 5.48. The van der Waals surface area contributed by atoms with Crippen molar-refractivity contribution in [3.05, 3.63) is 27.2 Å². The Morgan fingerprint density at radius 2 is 2.14 bits per heavy atom. The van der Waals surface area contributed by atoms with Gasteiger partial charge in [0.05, 0.1) is 18.2 Å². The van der Waals surface area contributed by atoms with Gasteiger partial charge in [0.1, 0.15) is 5.56 Å². The summed E-state index contributed by atoms with van der Waals surface area (Å²) in [5.74, 6) is -0.949. The van der Waals surface area contributed by atoms with Gasteiger partial charge in [-0.15, -0.1) is 0 Å². The van der Waals surface area contributed by atoms with Crippen LogP contribution in [0.2, 0.25) is 0 Å². The van der Waals surface area contributed by atoms with Gasteiger partial charge in [0.15, 0.2) is 0 Å². The summed E-state index contributed by atoms with van der Waals surface area (Å²) in [6.07, 6.45) is 1.42. The molecule has 0 saturated carbocycles. The Labute approximate surface area is 128 Å². The molecule has 0 bridgehead atoms. The fourth-order valence-electron chi connectivity index (χ4n) is 2.66. The molecule has 1 atom stereocenters. The number of hydrogen-bond acceptors (Lipinski definition) is 5. The minimum absolute atomic E-state index is 0.108. The first-order valence-electron chi connectivity index (χ1n) is 7.47. The van der Waals surface area contributed by atoms with Gasteiger partial charge in [-0.3, -0.25) is 14.4 Å². The van der Waals surface area contributed by atoms with E-state index in [0.29, 0.717) is 30.8 Å². The van der Waals surface area contributed by atoms with Gasteiger partial charge in [0, 0.05) is 13.1 Å². The van der Waals surface area contributed by atoms with Crippen LogP contribution in [0.15, 0.2) is 4.79 Å². The van der Waals surface area contributed by atoms with Gasteiger partial charge < -0.3 is 9.64 Å². The van der Waals surface area contributed by atoms with E-state index < -0.39 is 5.56 Å². The average Bonchev–Trinajstić information content (AvgIpc) is 2.51. The third-order valence-electron chi connectivity index (χ3n) is 4.01. The molecular formula is C15H21N3O4. The number of ether oxygens (including phenoxy) is 1. The van der Waals surface area contributed by atoms with Crippen molar-refractivity contribution in [3.63, 3.8) is 0 Å². The van der Waals surface area contributed by atoms with E-state index in [1.165, 1.54) is 0 Å². The summed E-state index contributed by atoms with van der Waals surface area (Å²) in [5, 5.41) is 6.19. The number of likely N-dealkylation sites (tertiary alicyclic amines) is 1. The molecule has 0 spiro atoms. The maximum Gasteiger partial charge on any atom is 0.310 e. The number of esters is 1. The molecule has 1 aromatic heterocycles. The number of amides is 1. The van der Waals surface area contributed by atoms with Crippen LogP contribution in [0.5, 0.6) is 0 Å². The van der Waals surface area contributed by atoms with Crippen LogP contribution >= 0.6 is 0 Å². The molecule has 22 heavy (non-hydrogen) atoms. The number of piperidine rings is 1. The molecule has 0 aliphatic carbocycles. The molecule has 1 aliphatic rings. The number of carbonyl (C=O) groups is 2. The van der Waals surface area contributed by atoms with Crippen LogP contribution in [0.1, 0.15) is 41.4 Å². The molecule has 1 saturated heterocycles. The summed E-state index contributed by atoms with van der Waals surface area (Å²) in [7, 11) is 0. The Kier molecular flexibility index (Phi) is 4.95. The molecule has 2 rings (SSSR count). The number of H-pyrrole nitrogens is 1. The van der Waals surface area contributed by atoms with E-state index in [1.54, 1.807) is 25.7 Å². The monoisotopic (exact) mass is 307 g/mol. The Bertz CT molecular complexity index is 638. The lowest BCUT2D eigenvalue weighted by atomic mass is 9.97. The van der Waals surface area contributed by atoms with Crippen molar-refractivity contribution in [2.75, 3.05) is 19.7 Å². The number of carbonyl (C=O) groups excluding carboxylic acids is 2. The van der Waals surface area contributed by atoms with E-state index in [0.717, 1.165) is 6.42 Å². The second-order valence-electron chi connectivity index (χ2n) is 5.48. The molecule has 1 aliphatic heterocycles. The summed E-state index contributed by atoms with van der Waals surface area (Å²) < 4.78 is 5.03. The maximum atomic E-state index is 12.6. The van der Waals surface area contributed by atoms with Crippen molar-refractivity contribution in [3.8, 4) is 0 Å². The lowest BCUT2D eigenvalue weighted by Crippen LogP contribution is -2.44. The number of aryl methyl sites for hydroxylation is 1. The normalized spacial score (nSPS) is 18.1. The lowest BCUT2D eigenvalue weighted by molar-refractivity contribution is -0.149. The van der Waals surface area contributed by atoms with Crippen molar-refractivity contribution in [2.24, 2.45) is 5.92 Å². The lowest BCUT2D eigenvalue weighted by Gasteiger charge is -2.31. The Balaban J connectivity index is 2.21. The van der Waals surface area contributed by atoms with E-state index in [2.05, 4.69) is 10.2 Å². The highest BCUT2D eigenvalue weighted by Crippen LogP contribution is 2.20. The quantitative estimate of drug-likeness (QED) is 0.834. The number of rotatable bonds is 3. The smallest absolute Gasteiger partial charge is 0.310 e. The van der Waals surface area contributed by atoms with Crippen LogP contribution in [-0.2, 0) is 9.53 Å². The molecule has 120 valence electrons. The predicted octanol–water partition coefficient (Wildman–Crippen LogP) is 0.802. The van der Waals surface area contributed by atoms with E-state index in [4.69, 9.17) is 4.74 Å². The molecule has 2 heterocycles. The summed E-state index contributed by atoms with van der Waals surface area (Å²) in [5.41, 5.74) is 0.803. The second kappa shape index (κ2) is 6.72. The first kappa shape index (κ1) is 16.2.